The van der Waals surface area contributed by atoms with Gasteiger partial charge in [0.15, 0.2) is 0 Å². The summed E-state index contributed by atoms with van der Waals surface area (Å²) in [6.45, 7) is 1.33. The maximum Gasteiger partial charge on any atom is 0.114 e. The molecule has 0 aliphatic rings. The molecule has 0 radical (unpaired) electrons. The highest BCUT2D eigenvalue weighted by atomic mass is 16.5. The molecule has 0 aromatic heterocycles. The van der Waals surface area contributed by atoms with Crippen molar-refractivity contribution in [3.63, 3.8) is 0 Å². The maximum atomic E-state index is 9.80. The van der Waals surface area contributed by atoms with Gasteiger partial charge in [0.1, 0.15) is 24.4 Å². The van der Waals surface area contributed by atoms with Crippen molar-refractivity contribution in [2.24, 2.45) is 0 Å². The molecular formula is C16H34O6. The Morgan fingerprint density at radius 1 is 0.727 bits per heavy atom. The van der Waals surface area contributed by atoms with Crippen molar-refractivity contribution < 1.29 is 30.3 Å². The van der Waals surface area contributed by atoms with Crippen LogP contribution in [0.3, 0.4) is 0 Å². The van der Waals surface area contributed by atoms with Crippen LogP contribution < -0.4 is 0 Å². The van der Waals surface area contributed by atoms with E-state index in [1.807, 2.05) is 0 Å². The molecule has 0 aliphatic heterocycles. The minimum Gasteiger partial charge on any atom is -0.394 e. The Morgan fingerprint density at radius 3 is 1.73 bits per heavy atom. The van der Waals surface area contributed by atoms with Crippen LogP contribution >= 0.6 is 0 Å². The number of ether oxygens (including phenoxy) is 1. The average molecular weight is 322 g/mol. The van der Waals surface area contributed by atoms with Gasteiger partial charge in [-0.2, -0.15) is 0 Å². The second kappa shape index (κ2) is 14.4. The number of aliphatic hydroxyl groups excluding tert-OH is 5. The van der Waals surface area contributed by atoms with Crippen LogP contribution in [-0.4, -0.2) is 69.8 Å². The van der Waals surface area contributed by atoms with E-state index in [1.165, 1.54) is 32.1 Å². The van der Waals surface area contributed by atoms with Crippen LogP contribution in [0.25, 0.3) is 0 Å². The minimum absolute atomic E-state index is 0.339. The fourth-order valence-electron chi connectivity index (χ4n) is 2.32. The topological polar surface area (TPSA) is 110 Å². The highest BCUT2D eigenvalue weighted by molar-refractivity contribution is 4.81. The Morgan fingerprint density at radius 2 is 1.23 bits per heavy atom. The Labute approximate surface area is 133 Å². The first-order valence-electron chi connectivity index (χ1n) is 8.46. The average Bonchev–Trinajstić information content (AvgIpc) is 2.54. The maximum absolute atomic E-state index is 9.80. The summed E-state index contributed by atoms with van der Waals surface area (Å²) in [6.07, 6.45) is 3.98. The first-order valence-corrected chi connectivity index (χ1v) is 8.46. The number of aliphatic hydroxyl groups is 5. The number of hydrogen-bond acceptors (Lipinski definition) is 6. The molecule has 0 fully saturated rings. The molecule has 0 saturated carbocycles. The lowest BCUT2D eigenvalue weighted by Crippen LogP contribution is -2.48. The van der Waals surface area contributed by atoms with E-state index in [4.69, 9.17) is 14.9 Å². The highest BCUT2D eigenvalue weighted by Crippen LogP contribution is 2.12. The van der Waals surface area contributed by atoms with E-state index in [9.17, 15) is 15.3 Å². The van der Waals surface area contributed by atoms with Crippen LogP contribution in [0.2, 0.25) is 0 Å². The monoisotopic (exact) mass is 322 g/mol. The highest BCUT2D eigenvalue weighted by Gasteiger charge is 2.32. The van der Waals surface area contributed by atoms with Gasteiger partial charge in [-0.05, 0) is 6.42 Å². The second-order valence-corrected chi connectivity index (χ2v) is 5.80. The predicted octanol–water partition coefficient (Wildman–Crippen LogP) is 0.580. The summed E-state index contributed by atoms with van der Waals surface area (Å²) in [5, 5.41) is 46.6. The molecule has 6 heteroatoms. The van der Waals surface area contributed by atoms with Crippen molar-refractivity contribution >= 4 is 0 Å². The summed E-state index contributed by atoms with van der Waals surface area (Å²) in [5.41, 5.74) is 0. The molecule has 4 atom stereocenters. The molecule has 134 valence electrons. The van der Waals surface area contributed by atoms with Gasteiger partial charge in [-0.25, -0.2) is 0 Å². The smallest absolute Gasteiger partial charge is 0.114 e. The normalized spacial score (nSPS) is 17.2. The van der Waals surface area contributed by atoms with E-state index in [-0.39, 0.29) is 0 Å². The zero-order valence-electron chi connectivity index (χ0n) is 13.7. The number of hydrogen-bond donors (Lipinski definition) is 5. The third-order valence-corrected chi connectivity index (χ3v) is 3.79. The first-order chi connectivity index (χ1) is 10.6. The fourth-order valence-corrected chi connectivity index (χ4v) is 2.32. The summed E-state index contributed by atoms with van der Waals surface area (Å²) in [4.78, 5) is 0. The number of rotatable bonds is 15. The third kappa shape index (κ3) is 9.71. The van der Waals surface area contributed by atoms with E-state index in [1.54, 1.807) is 0 Å². The van der Waals surface area contributed by atoms with Crippen LogP contribution in [0.4, 0.5) is 0 Å². The molecule has 0 heterocycles. The van der Waals surface area contributed by atoms with Gasteiger partial charge in [-0.15, -0.1) is 0 Å². The third-order valence-electron chi connectivity index (χ3n) is 3.79. The molecule has 0 aromatic carbocycles. The lowest BCUT2D eigenvalue weighted by Gasteiger charge is -2.29. The zero-order valence-corrected chi connectivity index (χ0v) is 13.7. The molecule has 0 bridgehead atoms. The molecule has 0 aliphatic carbocycles. The van der Waals surface area contributed by atoms with Crippen LogP contribution in [0, 0.1) is 0 Å². The van der Waals surface area contributed by atoms with Crippen LogP contribution in [0.15, 0.2) is 0 Å². The van der Waals surface area contributed by atoms with E-state index >= 15 is 0 Å². The minimum atomic E-state index is -1.43. The molecule has 0 aromatic rings. The Balaban J connectivity index is 3.85. The summed E-state index contributed by atoms with van der Waals surface area (Å²) in [6, 6.07) is 0. The molecule has 6 nitrogen and oxygen atoms in total. The van der Waals surface area contributed by atoms with E-state index in [2.05, 4.69) is 6.92 Å². The molecule has 5 N–H and O–H groups in total. The van der Waals surface area contributed by atoms with Gasteiger partial charge < -0.3 is 30.3 Å². The van der Waals surface area contributed by atoms with Crippen LogP contribution in [0.1, 0.15) is 58.3 Å². The standard InChI is InChI=1S/C16H34O6/c1-2-3-4-5-6-7-8-9-10-22-16(14(20)12-18)15(21)13(19)11-17/h13-21H,2-12H2,1H3/t13-,14+,15+,16+/m0/s1. The largest absolute Gasteiger partial charge is 0.394 e. The van der Waals surface area contributed by atoms with Gasteiger partial charge in [-0.1, -0.05) is 51.9 Å². The summed E-state index contributed by atoms with van der Waals surface area (Å²) >= 11 is 0. The van der Waals surface area contributed by atoms with Gasteiger partial charge in [0, 0.05) is 6.61 Å². The summed E-state index contributed by atoms with van der Waals surface area (Å²) in [7, 11) is 0. The summed E-state index contributed by atoms with van der Waals surface area (Å²) < 4.78 is 5.39. The quantitative estimate of drug-likeness (QED) is 0.282. The summed E-state index contributed by atoms with van der Waals surface area (Å²) in [5.74, 6) is 0. The van der Waals surface area contributed by atoms with Crippen LogP contribution in [-0.2, 0) is 4.74 Å². The predicted molar refractivity (Wildman–Crippen MR) is 84.5 cm³/mol. The SMILES string of the molecule is CCCCCCCCCCO[C@@H]([C@H](O)[C@@H](O)CO)[C@H](O)CO. The van der Waals surface area contributed by atoms with E-state index in [0.717, 1.165) is 19.3 Å². The molecular weight excluding hydrogens is 288 g/mol. The molecule has 0 amide bonds. The van der Waals surface area contributed by atoms with Gasteiger partial charge in [0.2, 0.25) is 0 Å². The van der Waals surface area contributed by atoms with Crippen molar-refractivity contribution in [2.75, 3.05) is 19.8 Å². The molecule has 0 rings (SSSR count). The fraction of sp³-hybridized carbons (Fsp3) is 1.00. The van der Waals surface area contributed by atoms with Crippen molar-refractivity contribution in [1.29, 1.82) is 0 Å². The zero-order chi connectivity index (χ0) is 16.8. The van der Waals surface area contributed by atoms with Crippen molar-refractivity contribution in [3.05, 3.63) is 0 Å². The molecule has 22 heavy (non-hydrogen) atoms. The lowest BCUT2D eigenvalue weighted by molar-refractivity contribution is -0.149. The lowest BCUT2D eigenvalue weighted by atomic mass is 10.0. The second-order valence-electron chi connectivity index (χ2n) is 5.80. The van der Waals surface area contributed by atoms with Crippen molar-refractivity contribution in [1.82, 2.24) is 0 Å². The van der Waals surface area contributed by atoms with Gasteiger partial charge in [-0.3, -0.25) is 0 Å². The first kappa shape index (κ1) is 21.8. The molecule has 0 spiro atoms. The Hall–Kier alpha value is -0.240. The molecule has 0 unspecified atom stereocenters. The van der Waals surface area contributed by atoms with Gasteiger partial charge in [0.25, 0.3) is 0 Å². The van der Waals surface area contributed by atoms with Crippen LogP contribution in [0.5, 0.6) is 0 Å². The van der Waals surface area contributed by atoms with E-state index < -0.39 is 37.6 Å². The number of unbranched alkanes of at least 4 members (excludes halogenated alkanes) is 7. The Kier molecular flexibility index (Phi) is 14.2. The van der Waals surface area contributed by atoms with Crippen molar-refractivity contribution in [3.8, 4) is 0 Å². The molecule has 0 saturated heterocycles. The van der Waals surface area contributed by atoms with E-state index in [0.29, 0.717) is 6.61 Å². The van der Waals surface area contributed by atoms with Gasteiger partial charge >= 0.3 is 0 Å². The van der Waals surface area contributed by atoms with Gasteiger partial charge in [0.05, 0.1) is 13.2 Å². The van der Waals surface area contributed by atoms with Crippen molar-refractivity contribution in [2.45, 2.75) is 82.7 Å². The Bertz CT molecular complexity index is 239.